The molecule has 0 bridgehead atoms. The predicted molar refractivity (Wildman–Crippen MR) is 584 cm³/mol. The van der Waals surface area contributed by atoms with Gasteiger partial charge in [0.15, 0.2) is 0 Å². The van der Waals surface area contributed by atoms with Gasteiger partial charge in [-0.1, -0.05) is 277 Å². The van der Waals surface area contributed by atoms with Gasteiger partial charge in [-0.3, -0.25) is 34.8 Å². The van der Waals surface area contributed by atoms with Crippen molar-refractivity contribution < 1.29 is 100 Å². The Bertz CT molecular complexity index is 6180. The van der Waals surface area contributed by atoms with Crippen molar-refractivity contribution in [2.24, 2.45) is 5.18 Å². The lowest BCUT2D eigenvalue weighted by molar-refractivity contribution is -0.137. The van der Waals surface area contributed by atoms with E-state index in [9.17, 15) is 99.8 Å². The second kappa shape index (κ2) is 67.4. The summed E-state index contributed by atoms with van der Waals surface area (Å²) in [6.07, 6.45) is 21.7. The van der Waals surface area contributed by atoms with Gasteiger partial charge in [0, 0.05) is 76.7 Å². The van der Waals surface area contributed by atoms with Crippen molar-refractivity contribution in [3.63, 3.8) is 0 Å². The summed E-state index contributed by atoms with van der Waals surface area (Å²) in [6, 6.07) is 52.3. The normalized spacial score (nSPS) is 19.1. The van der Waals surface area contributed by atoms with Crippen molar-refractivity contribution in [1.29, 1.82) is 10.5 Å². The molecule has 38 nitrogen and oxygen atoms in total. The van der Waals surface area contributed by atoms with Gasteiger partial charge < -0.3 is 5.11 Å². The minimum Gasteiger partial charge on any atom is -0.481 e. The van der Waals surface area contributed by atoms with Crippen molar-refractivity contribution in [3.8, 4) is 12.1 Å². The number of aryl methyl sites for hydroxylation is 1. The highest BCUT2D eigenvalue weighted by Gasteiger charge is 2.42. The first-order chi connectivity index (χ1) is 67.2. The zero-order valence-electron chi connectivity index (χ0n) is 81.0. The number of carbonyl (C=O) groups excluding carboxylic acids is 3. The molecule has 6 aliphatic heterocycles. The highest BCUT2D eigenvalue weighted by molar-refractivity contribution is 7.91. The molecule has 7 unspecified atom stereocenters. The quantitative estimate of drug-likeness (QED) is 0.0119. The predicted octanol–water partition coefficient (Wildman–Crippen LogP) is 14.8. The molecule has 6 heterocycles. The van der Waals surface area contributed by atoms with Gasteiger partial charge in [-0.25, -0.2) is 75.8 Å². The van der Waals surface area contributed by atoms with Crippen molar-refractivity contribution in [3.05, 3.63) is 214 Å². The molecule has 0 saturated carbocycles. The summed E-state index contributed by atoms with van der Waals surface area (Å²) in [5, 5.41) is 29.2. The smallest absolute Gasteiger partial charge is 0.303 e. The number of nitroso groups, excluding NO2 is 1. The van der Waals surface area contributed by atoms with Crippen molar-refractivity contribution in [2.75, 3.05) is 57.5 Å². The Labute approximate surface area is 884 Å². The summed E-state index contributed by atoms with van der Waals surface area (Å²) in [6.45, 7) is 5.65. The van der Waals surface area contributed by atoms with Crippen LogP contribution < -0.4 is 25.2 Å². The van der Waals surface area contributed by atoms with Gasteiger partial charge in [0.05, 0.1) is 70.1 Å². The number of rotatable bonds is 39. The Hall–Kier alpha value is -8.99. The van der Waals surface area contributed by atoms with E-state index >= 15 is 0 Å². The number of nitrogens with zero attached hydrogens (tertiary/aromatic N) is 9. The third-order valence-electron chi connectivity index (χ3n) is 24.5. The van der Waals surface area contributed by atoms with Crippen LogP contribution in [0.1, 0.15) is 277 Å². The Morgan fingerprint density at radius 3 is 1.06 bits per heavy atom. The van der Waals surface area contributed by atoms with Crippen LogP contribution in [0.25, 0.3) is 0 Å². The fraction of sp³-hybridized carbons (Fsp3) is 0.584. The number of hydrogen-bond donors (Lipinski definition) is 6. The van der Waals surface area contributed by atoms with Crippen LogP contribution in [0.4, 0.5) is 0 Å². The van der Waals surface area contributed by atoms with E-state index in [1.54, 1.807) is 93.5 Å². The molecular formula is C101H162N14O24S9. The van der Waals surface area contributed by atoms with Gasteiger partial charge >= 0.3 is 5.97 Å². The number of carboxylic acid groups (broad SMARTS) is 1. The van der Waals surface area contributed by atoms with Crippen LogP contribution in [0, 0.1) is 34.5 Å². The molecule has 6 aromatic carbocycles. The molecule has 0 aliphatic carbocycles. The number of carbonyl (C=O) groups is 4. The van der Waals surface area contributed by atoms with Crippen LogP contribution in [0.5, 0.6) is 0 Å². The van der Waals surface area contributed by atoms with Gasteiger partial charge in [-0.05, 0) is 169 Å². The molecule has 6 saturated heterocycles. The summed E-state index contributed by atoms with van der Waals surface area (Å²) in [4.78, 5) is 62.8. The molecule has 148 heavy (non-hydrogen) atoms. The topological polar surface area (TPSA) is 552 Å². The highest BCUT2D eigenvalue weighted by atomic mass is 32.2. The zero-order valence-corrected chi connectivity index (χ0v) is 88.4. The molecule has 12 rings (SSSR count). The van der Waals surface area contributed by atoms with Crippen molar-refractivity contribution >= 4 is 114 Å². The van der Waals surface area contributed by atoms with E-state index in [0.29, 0.717) is 133 Å². The zero-order chi connectivity index (χ0) is 104. The average molecular weight is 2250 g/mol. The van der Waals surface area contributed by atoms with Crippen LogP contribution in [-0.2, 0) is 138 Å². The molecule has 0 radical (unpaired) electrons. The summed E-state index contributed by atoms with van der Waals surface area (Å²) in [7, 11) is -32.3. The second-order valence-electron chi connectivity index (χ2n) is 35.9. The molecule has 6 N–H and O–H groups in total. The number of hydrogen-bond acceptors (Lipinski definition) is 26. The van der Waals surface area contributed by atoms with E-state index in [1.807, 2.05) is 100 Å². The molecule has 6 aliphatic rings. The lowest BCUT2D eigenvalue weighted by Crippen LogP contribution is -2.53. The number of nitrogens with one attached hydrogen (secondary N) is 5. The van der Waals surface area contributed by atoms with Crippen LogP contribution in [-0.4, -0.2) is 230 Å². The molecule has 6 fully saturated rings. The lowest BCUT2D eigenvalue weighted by Gasteiger charge is -2.28. The number of amides is 3. The third kappa shape index (κ3) is 47.9. The Balaban J connectivity index is 0.000000883. The van der Waals surface area contributed by atoms with Gasteiger partial charge in [0.1, 0.15) is 18.1 Å². The fourth-order valence-corrected chi connectivity index (χ4v) is 29.4. The molecule has 3 amide bonds. The first-order valence-corrected chi connectivity index (χ1v) is 62.8. The van der Waals surface area contributed by atoms with E-state index < -0.39 is 138 Å². The second-order valence-corrected chi connectivity index (χ2v) is 52.9. The lowest BCUT2D eigenvalue weighted by atomic mass is 10.0. The Kier molecular flexibility index (Phi) is 62.4. The molecular weight excluding hydrogens is 2080 g/mol. The fourth-order valence-electron chi connectivity index (χ4n) is 17.4. The molecule has 834 valence electrons. The Morgan fingerprint density at radius 1 is 0.378 bits per heavy atom. The van der Waals surface area contributed by atoms with Crippen molar-refractivity contribution in [1.82, 2.24) is 51.1 Å². The van der Waals surface area contributed by atoms with Gasteiger partial charge in [0.2, 0.25) is 90.2 Å². The maximum absolute atomic E-state index is 12.9. The van der Waals surface area contributed by atoms with Gasteiger partial charge in [0.25, 0.3) is 17.7 Å². The minimum absolute atomic E-state index is 0. The number of nitriles is 2. The summed E-state index contributed by atoms with van der Waals surface area (Å²) >= 11 is 0. The number of sulfonamides is 9. The molecule has 0 aromatic heterocycles. The largest absolute Gasteiger partial charge is 0.481 e. The van der Waals surface area contributed by atoms with Gasteiger partial charge in [-0.15, -0.1) is 9.66 Å². The van der Waals surface area contributed by atoms with E-state index in [2.05, 4.69) is 28.2 Å². The monoisotopic (exact) mass is 2240 g/mol. The summed E-state index contributed by atoms with van der Waals surface area (Å²) in [5.74, 6) is -3.46. The van der Waals surface area contributed by atoms with E-state index in [4.69, 9.17) is 15.6 Å². The highest BCUT2D eigenvalue weighted by Crippen LogP contribution is 2.34. The van der Waals surface area contributed by atoms with Crippen LogP contribution in [0.3, 0.4) is 0 Å². The summed E-state index contributed by atoms with van der Waals surface area (Å²) < 4.78 is 232. The Morgan fingerprint density at radius 2 is 0.703 bits per heavy atom. The SMILES string of the molecule is C.C.C.C.C.C.CCS(=O)(=O)NNC(=O)C1CCCCCN1S(=O)(=O)Cc1ccccc1.CS(=O)(=O)NNC(=O)C1CCCCCN1S(=O)(=O)Cc1ccccc1.Cc1ccc(S(=O)(=O)N2CCCCCC2C(=O)NS(C)(=O)=O)cc1.N#CCCC1CCCCCN1S(=O)(=O)Cc1ccccc1.N#CCCCC1CCCN1S(=O)(=O)Cc1ccccc1.O=NC(CCCCC(=O)O)CC1CCCN1S(=O)(=O)Cc1ccccc1. The first kappa shape index (κ1) is 137. The maximum Gasteiger partial charge on any atom is 0.303 e. The number of benzene rings is 6. The third-order valence-corrected chi connectivity index (χ3v) is 38.0. The maximum atomic E-state index is 12.9. The number of aliphatic carboxylic acids is 1. The van der Waals surface area contributed by atoms with E-state index in [1.165, 1.54) is 32.0 Å². The standard InChI is InChI=1S/C18H26N2O5S.C16H25N3O5S2.C16H22N2O2S.C15H23N3O5S2.C15H22N2O5S2.C15H20N2O2S.6CH4/c21-18(22)11-5-4-9-16(19-23)13-17-10-6-12-20(17)26(24,25)14-15-7-2-1-3-8-15;1-2-25(21,22)18-17-16(20)15-11-7-4-8-12-19(15)26(23,24)13-14-9-5-3-6-10-14;17-12-7-11-16-10-5-2-6-13-18(16)21(19,20)14-15-8-3-1-4-9-15;1-24(20,21)17-16-15(19)14-10-6-3-7-11-18(14)25(22,23)12-13-8-4-2-5-9-13;1-12-7-9-13(10-8-12)24(21,22)17-11-5-3-4-6-14(17)15(18)16-23(2,19)20;16-11-5-4-9-15-10-6-12-17(15)20(18,19)13-14-7-2-1-3-8-14;;;;;;/h1-3,7-8,16-17H,4-6,9-14H2,(H,21,22);3,5-6,9-10,15,18H,2,4,7-8,11-13H2,1H3,(H,17,20);1,3-4,8-9,16H,2,5-7,10-11,13-14H2;2,4-5,8-9,14,17H,3,6-7,10-12H2,1H3,(H,16,19);7-10,14H,3-6,11H2,1-2H3,(H,16,18);1-3,7-8,15H,4-6,9-10,12-13H2;6*1H4. The van der Waals surface area contributed by atoms with Crippen molar-refractivity contribution in [2.45, 2.75) is 327 Å². The van der Waals surface area contributed by atoms with E-state index in [-0.39, 0.29) is 128 Å². The van der Waals surface area contributed by atoms with E-state index in [0.717, 1.165) is 123 Å². The molecule has 0 spiro atoms. The first-order valence-electron chi connectivity index (χ1n) is 47.9. The molecule has 7 atom stereocenters. The van der Waals surface area contributed by atoms with Crippen LogP contribution in [0.2, 0.25) is 0 Å². The number of carboxylic acids is 1. The van der Waals surface area contributed by atoms with Gasteiger partial charge in [-0.2, -0.15) is 41.3 Å². The number of hydrazine groups is 2. The average Bonchev–Trinajstić information content (AvgIpc) is 1.26. The van der Waals surface area contributed by atoms with Crippen LogP contribution in [0.15, 0.2) is 186 Å². The minimum atomic E-state index is -3.87. The molecule has 6 aromatic rings. The number of unbranched alkanes of at least 4 members (excludes halogenated alkanes) is 2. The van der Waals surface area contributed by atoms with Crippen LogP contribution >= 0.6 is 0 Å². The molecule has 47 heteroatoms. The summed E-state index contributed by atoms with van der Waals surface area (Å²) in [5.41, 5.74) is 8.86.